The maximum absolute atomic E-state index is 12.3. The van der Waals surface area contributed by atoms with E-state index in [2.05, 4.69) is 11.8 Å². The number of rotatable bonds is 1. The fourth-order valence-electron chi connectivity index (χ4n) is 1.78. The van der Waals surface area contributed by atoms with Gasteiger partial charge in [0.05, 0.1) is 17.0 Å². The zero-order valence-electron chi connectivity index (χ0n) is 10.1. The third-order valence-electron chi connectivity index (χ3n) is 2.67. The Morgan fingerprint density at radius 3 is 3.17 bits per heavy atom. The van der Waals surface area contributed by atoms with Crippen LogP contribution in [0, 0.1) is 11.8 Å². The molecule has 18 heavy (non-hydrogen) atoms. The molecule has 2 rings (SSSR count). The van der Waals surface area contributed by atoms with E-state index in [9.17, 15) is 4.79 Å². The molecule has 0 radical (unpaired) electrons. The minimum Gasteiger partial charge on any atom is -0.338 e. The van der Waals surface area contributed by atoms with E-state index >= 15 is 0 Å². The van der Waals surface area contributed by atoms with Gasteiger partial charge < -0.3 is 10.6 Å². The first-order valence-electron chi connectivity index (χ1n) is 5.96. The Balaban J connectivity index is 2.05. The molecular weight excluding hydrogens is 264 g/mol. The first-order valence-corrected chi connectivity index (χ1v) is 7.99. The third kappa shape index (κ3) is 3.52. The summed E-state index contributed by atoms with van der Waals surface area (Å²) in [4.78, 5) is 15.1. The smallest absolute Gasteiger partial charge is 0.254 e. The lowest BCUT2D eigenvalue weighted by molar-refractivity contribution is 0.0769. The molecule has 96 valence electrons. The molecule has 5 heteroatoms. The van der Waals surface area contributed by atoms with E-state index in [0.29, 0.717) is 6.54 Å². The summed E-state index contributed by atoms with van der Waals surface area (Å²) in [6, 6.07) is 1.87. The Hall–Kier alpha value is -0.960. The van der Waals surface area contributed by atoms with Gasteiger partial charge in [-0.1, -0.05) is 11.8 Å². The van der Waals surface area contributed by atoms with Crippen molar-refractivity contribution < 1.29 is 4.79 Å². The van der Waals surface area contributed by atoms with Gasteiger partial charge in [0.2, 0.25) is 0 Å². The highest BCUT2D eigenvalue weighted by molar-refractivity contribution is 7.99. The van der Waals surface area contributed by atoms with Crippen LogP contribution in [0.4, 0.5) is 0 Å². The van der Waals surface area contributed by atoms with Crippen molar-refractivity contribution in [3.05, 3.63) is 21.9 Å². The molecule has 0 spiro atoms. The van der Waals surface area contributed by atoms with E-state index in [0.717, 1.165) is 41.5 Å². The molecule has 1 aromatic heterocycles. The zero-order chi connectivity index (χ0) is 12.8. The summed E-state index contributed by atoms with van der Waals surface area (Å²) in [6.07, 6.45) is 1.08. The highest BCUT2D eigenvalue weighted by atomic mass is 32.2. The van der Waals surface area contributed by atoms with Crippen LogP contribution >= 0.6 is 23.1 Å². The largest absolute Gasteiger partial charge is 0.338 e. The van der Waals surface area contributed by atoms with Crippen molar-refractivity contribution in [1.29, 1.82) is 0 Å². The molecule has 0 saturated carbocycles. The van der Waals surface area contributed by atoms with E-state index in [1.54, 1.807) is 0 Å². The van der Waals surface area contributed by atoms with Gasteiger partial charge in [-0.15, -0.1) is 11.3 Å². The van der Waals surface area contributed by atoms with Crippen molar-refractivity contribution in [2.24, 2.45) is 5.73 Å². The van der Waals surface area contributed by atoms with E-state index in [1.165, 1.54) is 11.3 Å². The quantitative estimate of drug-likeness (QED) is 0.796. The minimum atomic E-state index is 0.134. The van der Waals surface area contributed by atoms with Crippen LogP contribution in [0.2, 0.25) is 0 Å². The molecule has 1 aromatic rings. The molecule has 0 bridgehead atoms. The average molecular weight is 280 g/mol. The normalized spacial score (nSPS) is 15.7. The van der Waals surface area contributed by atoms with Crippen LogP contribution in [0.15, 0.2) is 11.4 Å². The Labute approximate surface area is 116 Å². The summed E-state index contributed by atoms with van der Waals surface area (Å²) < 4.78 is 0. The van der Waals surface area contributed by atoms with Crippen molar-refractivity contribution in [3.63, 3.8) is 0 Å². The number of nitrogens with two attached hydrogens (primary N) is 1. The van der Waals surface area contributed by atoms with Gasteiger partial charge in [-0.25, -0.2) is 0 Å². The average Bonchev–Trinajstić information content (AvgIpc) is 2.69. The fraction of sp³-hybridized carbons (Fsp3) is 0.462. The lowest BCUT2D eigenvalue weighted by atomic mass is 10.2. The monoisotopic (exact) mass is 280 g/mol. The van der Waals surface area contributed by atoms with Gasteiger partial charge in [0.15, 0.2) is 0 Å². The maximum Gasteiger partial charge on any atom is 0.254 e. The number of nitrogens with zero attached hydrogens (tertiary/aromatic N) is 1. The lowest BCUT2D eigenvalue weighted by Crippen LogP contribution is -2.32. The molecule has 2 N–H and O–H groups in total. The molecule has 1 aliphatic rings. The summed E-state index contributed by atoms with van der Waals surface area (Å²) in [5.41, 5.74) is 6.09. The number of carbonyl (C=O) groups is 1. The van der Waals surface area contributed by atoms with Crippen LogP contribution in [0.1, 0.15) is 21.7 Å². The molecule has 1 saturated heterocycles. The van der Waals surface area contributed by atoms with Crippen LogP contribution in [-0.4, -0.2) is 41.9 Å². The molecule has 3 nitrogen and oxygen atoms in total. The molecular formula is C13H16N2OS2. The van der Waals surface area contributed by atoms with E-state index < -0.39 is 0 Å². The standard InChI is InChI=1S/C13H16N2OS2/c14-4-1-3-12-9-11(10-18-12)13(16)15-5-2-7-17-8-6-15/h9-10H,2,4-8,14H2. The number of carbonyl (C=O) groups excluding carboxylic acids is 1. The Morgan fingerprint density at radius 1 is 1.44 bits per heavy atom. The van der Waals surface area contributed by atoms with Crippen LogP contribution in [0.3, 0.4) is 0 Å². The minimum absolute atomic E-state index is 0.134. The number of hydrogen-bond acceptors (Lipinski definition) is 4. The van der Waals surface area contributed by atoms with Gasteiger partial charge >= 0.3 is 0 Å². The molecule has 0 atom stereocenters. The predicted molar refractivity (Wildman–Crippen MR) is 78.1 cm³/mol. The summed E-state index contributed by atoms with van der Waals surface area (Å²) in [5.74, 6) is 8.09. The molecule has 1 aliphatic heterocycles. The number of amides is 1. The highest BCUT2D eigenvalue weighted by Gasteiger charge is 2.18. The first kappa shape index (κ1) is 13.5. The summed E-state index contributed by atoms with van der Waals surface area (Å²) in [5, 5.41) is 1.89. The summed E-state index contributed by atoms with van der Waals surface area (Å²) in [7, 11) is 0. The van der Waals surface area contributed by atoms with Crippen molar-refractivity contribution >= 4 is 29.0 Å². The first-order chi connectivity index (χ1) is 8.81. The number of hydrogen-bond donors (Lipinski definition) is 1. The van der Waals surface area contributed by atoms with Gasteiger partial charge in [0.25, 0.3) is 5.91 Å². The summed E-state index contributed by atoms with van der Waals surface area (Å²) in [6.45, 7) is 2.07. The summed E-state index contributed by atoms with van der Waals surface area (Å²) >= 11 is 3.43. The molecule has 0 aromatic carbocycles. The number of thioether (sulfide) groups is 1. The third-order valence-corrected chi connectivity index (χ3v) is 4.56. The zero-order valence-corrected chi connectivity index (χ0v) is 11.8. The van der Waals surface area contributed by atoms with Crippen molar-refractivity contribution in [3.8, 4) is 11.8 Å². The van der Waals surface area contributed by atoms with Gasteiger partial charge in [-0.3, -0.25) is 4.79 Å². The second-order valence-corrected chi connectivity index (χ2v) is 6.10. The van der Waals surface area contributed by atoms with Gasteiger partial charge in [-0.05, 0) is 18.2 Å². The fourth-order valence-corrected chi connectivity index (χ4v) is 3.42. The predicted octanol–water partition coefficient (Wildman–Crippen LogP) is 1.64. The van der Waals surface area contributed by atoms with Crippen molar-refractivity contribution in [2.45, 2.75) is 6.42 Å². The van der Waals surface area contributed by atoms with Gasteiger partial charge in [0, 0.05) is 24.2 Å². The van der Waals surface area contributed by atoms with Crippen molar-refractivity contribution in [2.75, 3.05) is 31.1 Å². The molecule has 1 amide bonds. The molecule has 0 unspecified atom stereocenters. The Morgan fingerprint density at radius 2 is 2.33 bits per heavy atom. The second kappa shape index (κ2) is 6.83. The van der Waals surface area contributed by atoms with E-state index in [-0.39, 0.29) is 5.91 Å². The van der Waals surface area contributed by atoms with Crippen LogP contribution in [0.5, 0.6) is 0 Å². The SMILES string of the molecule is NCC#Cc1cc(C(=O)N2CCCSCC2)cs1. The van der Waals surface area contributed by atoms with E-state index in [4.69, 9.17) is 5.73 Å². The van der Waals surface area contributed by atoms with Crippen LogP contribution < -0.4 is 5.73 Å². The molecule has 2 heterocycles. The molecule has 0 aliphatic carbocycles. The van der Waals surface area contributed by atoms with Gasteiger partial charge in [0.1, 0.15) is 0 Å². The second-order valence-electron chi connectivity index (χ2n) is 3.96. The van der Waals surface area contributed by atoms with Gasteiger partial charge in [-0.2, -0.15) is 11.8 Å². The Kier molecular flexibility index (Phi) is 5.12. The van der Waals surface area contributed by atoms with Crippen molar-refractivity contribution in [1.82, 2.24) is 4.90 Å². The van der Waals surface area contributed by atoms with Crippen LogP contribution in [0.25, 0.3) is 0 Å². The molecule has 1 fully saturated rings. The highest BCUT2D eigenvalue weighted by Crippen LogP contribution is 2.18. The maximum atomic E-state index is 12.3. The topological polar surface area (TPSA) is 46.3 Å². The van der Waals surface area contributed by atoms with E-state index in [1.807, 2.05) is 28.1 Å². The Bertz CT molecular complexity index is 465. The van der Waals surface area contributed by atoms with Crippen LogP contribution in [-0.2, 0) is 0 Å². The lowest BCUT2D eigenvalue weighted by Gasteiger charge is -2.18. The number of thiophene rings is 1.